The molecule has 0 aromatic heterocycles. The number of amides is 1. The van der Waals surface area contributed by atoms with Gasteiger partial charge in [-0.3, -0.25) is 4.79 Å². The van der Waals surface area contributed by atoms with E-state index in [9.17, 15) is 9.59 Å². The van der Waals surface area contributed by atoms with E-state index in [-0.39, 0.29) is 11.8 Å². The van der Waals surface area contributed by atoms with Gasteiger partial charge in [0.25, 0.3) is 0 Å². The highest BCUT2D eigenvalue weighted by Gasteiger charge is 2.16. The third-order valence-electron chi connectivity index (χ3n) is 3.26. The number of hydrogen-bond donors (Lipinski definition) is 2. The zero-order valence-electron chi connectivity index (χ0n) is 12.6. The van der Waals surface area contributed by atoms with Gasteiger partial charge in [0.1, 0.15) is 5.75 Å². The molecule has 0 bridgehead atoms. The molecule has 1 amide bonds. The Kier molecular flexibility index (Phi) is 6.46. The topological polar surface area (TPSA) is 75.6 Å². The SMILES string of the molecule is CCC(CC)C(=O)Nc1cc(C=CC(=O)O)ccc1OC. The molecule has 0 aliphatic carbocycles. The second-order valence-electron chi connectivity index (χ2n) is 4.63. The quantitative estimate of drug-likeness (QED) is 0.757. The van der Waals surface area contributed by atoms with Gasteiger partial charge in [0.2, 0.25) is 5.91 Å². The van der Waals surface area contributed by atoms with Crippen LogP contribution in [0.25, 0.3) is 6.08 Å². The molecule has 0 saturated heterocycles. The fourth-order valence-corrected chi connectivity index (χ4v) is 1.99. The van der Waals surface area contributed by atoms with E-state index in [2.05, 4.69) is 5.32 Å². The molecule has 5 nitrogen and oxygen atoms in total. The van der Waals surface area contributed by atoms with Crippen molar-refractivity contribution in [3.63, 3.8) is 0 Å². The van der Waals surface area contributed by atoms with E-state index < -0.39 is 5.97 Å². The minimum Gasteiger partial charge on any atom is -0.495 e. The van der Waals surface area contributed by atoms with Crippen LogP contribution >= 0.6 is 0 Å². The Morgan fingerprint density at radius 1 is 1.33 bits per heavy atom. The average molecular weight is 291 g/mol. The van der Waals surface area contributed by atoms with Gasteiger partial charge in [0.05, 0.1) is 12.8 Å². The van der Waals surface area contributed by atoms with Gasteiger partial charge in [-0.15, -0.1) is 0 Å². The zero-order valence-corrected chi connectivity index (χ0v) is 12.6. The normalized spacial score (nSPS) is 10.9. The number of carbonyl (C=O) groups is 2. The molecule has 5 heteroatoms. The fraction of sp³-hybridized carbons (Fsp3) is 0.375. The Balaban J connectivity index is 3.00. The first-order chi connectivity index (χ1) is 10.0. The van der Waals surface area contributed by atoms with Crippen molar-refractivity contribution in [1.82, 2.24) is 0 Å². The van der Waals surface area contributed by atoms with Gasteiger partial charge in [0.15, 0.2) is 0 Å². The average Bonchev–Trinajstić information content (AvgIpc) is 2.46. The van der Waals surface area contributed by atoms with Crippen molar-refractivity contribution >= 4 is 23.6 Å². The van der Waals surface area contributed by atoms with Crippen molar-refractivity contribution in [1.29, 1.82) is 0 Å². The maximum atomic E-state index is 12.1. The first-order valence-electron chi connectivity index (χ1n) is 6.91. The van der Waals surface area contributed by atoms with Gasteiger partial charge in [-0.05, 0) is 36.6 Å². The number of rotatable bonds is 7. The first kappa shape index (κ1) is 16.8. The van der Waals surface area contributed by atoms with E-state index in [1.165, 1.54) is 13.2 Å². The maximum Gasteiger partial charge on any atom is 0.328 e. The number of ether oxygens (including phenoxy) is 1. The van der Waals surface area contributed by atoms with Crippen LogP contribution < -0.4 is 10.1 Å². The van der Waals surface area contributed by atoms with Crippen LogP contribution in [0.1, 0.15) is 32.3 Å². The third-order valence-corrected chi connectivity index (χ3v) is 3.26. The molecule has 0 saturated carbocycles. The van der Waals surface area contributed by atoms with Crippen molar-refractivity contribution in [3.05, 3.63) is 29.8 Å². The van der Waals surface area contributed by atoms with Crippen LogP contribution in [0.15, 0.2) is 24.3 Å². The van der Waals surface area contributed by atoms with Gasteiger partial charge in [-0.2, -0.15) is 0 Å². The number of carboxylic acids is 1. The predicted molar refractivity (Wildman–Crippen MR) is 82.4 cm³/mol. The summed E-state index contributed by atoms with van der Waals surface area (Å²) in [5, 5.41) is 11.5. The molecule has 0 aliphatic heterocycles. The molecule has 114 valence electrons. The van der Waals surface area contributed by atoms with Crippen LogP contribution in [0.2, 0.25) is 0 Å². The van der Waals surface area contributed by atoms with Crippen LogP contribution in [-0.4, -0.2) is 24.1 Å². The van der Waals surface area contributed by atoms with Crippen LogP contribution in [0.5, 0.6) is 5.75 Å². The van der Waals surface area contributed by atoms with Crippen molar-refractivity contribution in [2.24, 2.45) is 5.92 Å². The molecule has 2 N–H and O–H groups in total. The van der Waals surface area contributed by atoms with Crippen molar-refractivity contribution < 1.29 is 19.4 Å². The summed E-state index contributed by atoms with van der Waals surface area (Å²) < 4.78 is 5.22. The van der Waals surface area contributed by atoms with Gasteiger partial charge < -0.3 is 15.2 Å². The molecule has 0 aliphatic rings. The molecule has 0 radical (unpaired) electrons. The number of hydrogen-bond acceptors (Lipinski definition) is 3. The van der Waals surface area contributed by atoms with Crippen molar-refractivity contribution in [2.75, 3.05) is 12.4 Å². The first-order valence-corrected chi connectivity index (χ1v) is 6.91. The molecule has 1 aromatic carbocycles. The summed E-state index contributed by atoms with van der Waals surface area (Å²) in [7, 11) is 1.52. The number of benzene rings is 1. The number of methoxy groups -OCH3 is 1. The molecule has 0 fully saturated rings. The lowest BCUT2D eigenvalue weighted by Crippen LogP contribution is -2.22. The molecular formula is C16H21NO4. The summed E-state index contributed by atoms with van der Waals surface area (Å²) in [6, 6.07) is 5.12. The predicted octanol–water partition coefficient (Wildman–Crippen LogP) is 3.17. The molecule has 0 heterocycles. The number of nitrogens with one attached hydrogen (secondary N) is 1. The molecule has 0 unspecified atom stereocenters. The molecule has 21 heavy (non-hydrogen) atoms. The van der Waals surface area contributed by atoms with Crippen molar-refractivity contribution in [2.45, 2.75) is 26.7 Å². The lowest BCUT2D eigenvalue weighted by molar-refractivity contribution is -0.131. The van der Waals surface area contributed by atoms with E-state index in [1.807, 2.05) is 13.8 Å². The summed E-state index contributed by atoms with van der Waals surface area (Å²) in [4.78, 5) is 22.7. The lowest BCUT2D eigenvalue weighted by Gasteiger charge is -2.15. The minimum atomic E-state index is -1.02. The van der Waals surface area contributed by atoms with Gasteiger partial charge >= 0.3 is 5.97 Å². The largest absolute Gasteiger partial charge is 0.495 e. The second-order valence-corrected chi connectivity index (χ2v) is 4.63. The Morgan fingerprint density at radius 2 is 2.00 bits per heavy atom. The standard InChI is InChI=1S/C16H21NO4/c1-4-12(5-2)16(20)17-13-10-11(7-9-15(18)19)6-8-14(13)21-3/h6-10,12H,4-5H2,1-3H3,(H,17,20)(H,18,19). The molecule has 0 spiro atoms. The van der Waals surface area contributed by atoms with Crippen LogP contribution in [0.4, 0.5) is 5.69 Å². The van der Waals surface area contributed by atoms with E-state index in [0.29, 0.717) is 17.0 Å². The summed E-state index contributed by atoms with van der Waals surface area (Å²) in [5.41, 5.74) is 1.22. The Hall–Kier alpha value is -2.30. The zero-order chi connectivity index (χ0) is 15.8. The molecule has 1 rings (SSSR count). The van der Waals surface area contributed by atoms with Gasteiger partial charge in [-0.1, -0.05) is 19.9 Å². The smallest absolute Gasteiger partial charge is 0.328 e. The summed E-state index contributed by atoms with van der Waals surface area (Å²) >= 11 is 0. The van der Waals surface area contributed by atoms with Gasteiger partial charge in [-0.25, -0.2) is 4.79 Å². The van der Waals surface area contributed by atoms with Crippen molar-refractivity contribution in [3.8, 4) is 5.75 Å². The third kappa shape index (κ3) is 4.95. The van der Waals surface area contributed by atoms with E-state index in [1.54, 1.807) is 18.2 Å². The second kappa shape index (κ2) is 8.09. The Morgan fingerprint density at radius 3 is 2.52 bits per heavy atom. The van der Waals surface area contributed by atoms with Gasteiger partial charge in [0, 0.05) is 12.0 Å². The monoisotopic (exact) mass is 291 g/mol. The fourth-order valence-electron chi connectivity index (χ4n) is 1.99. The highest BCUT2D eigenvalue weighted by molar-refractivity contribution is 5.94. The molecule has 1 aromatic rings. The maximum absolute atomic E-state index is 12.1. The van der Waals surface area contributed by atoms with E-state index in [4.69, 9.17) is 9.84 Å². The number of carbonyl (C=O) groups excluding carboxylic acids is 1. The number of aliphatic carboxylic acids is 1. The lowest BCUT2D eigenvalue weighted by atomic mass is 10.0. The number of anilines is 1. The minimum absolute atomic E-state index is 0.0482. The highest BCUT2D eigenvalue weighted by atomic mass is 16.5. The van der Waals surface area contributed by atoms with Crippen LogP contribution in [-0.2, 0) is 9.59 Å². The molecular weight excluding hydrogens is 270 g/mol. The van der Waals surface area contributed by atoms with E-state index in [0.717, 1.165) is 18.9 Å². The number of carboxylic acid groups (broad SMARTS) is 1. The van der Waals surface area contributed by atoms with Crippen LogP contribution in [0.3, 0.4) is 0 Å². The van der Waals surface area contributed by atoms with E-state index >= 15 is 0 Å². The summed E-state index contributed by atoms with van der Waals surface area (Å²) in [6.45, 7) is 3.94. The van der Waals surface area contributed by atoms with Crippen LogP contribution in [0, 0.1) is 5.92 Å². The summed E-state index contributed by atoms with van der Waals surface area (Å²) in [5.74, 6) is -0.583. The Bertz CT molecular complexity index is 533. The summed E-state index contributed by atoms with van der Waals surface area (Å²) in [6.07, 6.45) is 4.05. The highest BCUT2D eigenvalue weighted by Crippen LogP contribution is 2.27. The molecule has 0 atom stereocenters. The Labute approximate surface area is 124 Å².